The van der Waals surface area contributed by atoms with Crippen molar-refractivity contribution in [2.45, 2.75) is 192 Å². The Morgan fingerprint density at radius 2 is 1.61 bits per heavy atom. The van der Waals surface area contributed by atoms with E-state index in [-0.39, 0.29) is 61.0 Å². The van der Waals surface area contributed by atoms with E-state index in [1.54, 1.807) is 33.3 Å². The van der Waals surface area contributed by atoms with E-state index in [0.717, 1.165) is 5.57 Å². The Labute approximate surface area is 378 Å². The van der Waals surface area contributed by atoms with Gasteiger partial charge in [-0.05, 0) is 62.8 Å². The summed E-state index contributed by atoms with van der Waals surface area (Å²) >= 11 is 0. The predicted molar refractivity (Wildman–Crippen MR) is 234 cm³/mol. The van der Waals surface area contributed by atoms with Crippen molar-refractivity contribution in [1.29, 1.82) is 0 Å². The lowest BCUT2D eigenvalue weighted by Crippen LogP contribution is -2.58. The molecule has 2 bridgehead atoms. The number of amides is 1. The first kappa shape index (κ1) is 49.1. The van der Waals surface area contributed by atoms with Crippen molar-refractivity contribution in [3.05, 3.63) is 59.3 Å². The number of methoxy groups -OCH3 is 2. The molecule has 7 aliphatic rings. The van der Waals surface area contributed by atoms with Crippen molar-refractivity contribution in [3.8, 4) is 0 Å². The van der Waals surface area contributed by atoms with Crippen LogP contribution in [0.4, 0.5) is 0 Å². The zero-order valence-corrected chi connectivity index (χ0v) is 39.5. The SMILES string of the molecule is CO[C@H]1C[C@H](O[C@H]2[C@H](C)O[C@@H](O[C@@H]3C(C)=CC[C@@H]4C[C@@H](C[C@]5(C=C[C@H](C)[C@@H](C(C)C)O5)O4)OC(=O)[C@@H]4C=C(C)[C@@H](O)[C@H]5OC/C(=C\C=C\[C@@H]3C)[C@]54O)C[C@@H]2OC)O[C@@H](C)[C@H]1NC(C)=O. The highest BCUT2D eigenvalue weighted by molar-refractivity contribution is 5.78. The van der Waals surface area contributed by atoms with Crippen LogP contribution in [0.1, 0.15) is 94.4 Å². The molecule has 1 amide bonds. The van der Waals surface area contributed by atoms with Crippen LogP contribution in [-0.2, 0) is 57.0 Å². The fraction of sp³-hybridized carbons (Fsp3) is 0.755. The first-order valence-corrected chi connectivity index (χ1v) is 23.3. The summed E-state index contributed by atoms with van der Waals surface area (Å²) in [5, 5.41) is 26.7. The standard InChI is InChI=1S/C49H73NO14/c1-25(2)43-28(5)17-18-48(64-43)23-35-20-34(63-48)16-15-27(4)44(26(3)13-12-14-33-24-57-46-42(52)29(6)19-36(47(53)60-35)49(33,46)54)61-40-22-38(56-11)45(31(8)59-40)62-39-21-37(55-10)41(30(7)58-39)50-32(9)51/h12-15,17-19,25-26,28,30-31,34-46,52,54H,16,20-24H2,1-11H3,(H,50,51)/b13-12+,27-15?,33-14+/t26-,28-,30-,31-,34+,35-,36-,37-,38-,39-,40-,41+,42+,43+,44-,45-,46+,48+,49+/m0/s1. The number of hydrogen-bond acceptors (Lipinski definition) is 14. The van der Waals surface area contributed by atoms with E-state index < -0.39 is 84.7 Å². The van der Waals surface area contributed by atoms with Crippen LogP contribution >= 0.6 is 0 Å². The van der Waals surface area contributed by atoms with Crippen molar-refractivity contribution in [2.75, 3.05) is 20.8 Å². The summed E-state index contributed by atoms with van der Waals surface area (Å²) in [6, 6.07) is -0.314. The third-order valence-electron chi connectivity index (χ3n) is 14.4. The minimum Gasteiger partial charge on any atom is -0.462 e. The average molecular weight is 900 g/mol. The van der Waals surface area contributed by atoms with E-state index in [1.165, 1.54) is 6.92 Å². The number of carbonyl (C=O) groups is 2. The molecule has 0 aromatic rings. The van der Waals surface area contributed by atoms with Crippen molar-refractivity contribution in [1.82, 2.24) is 5.32 Å². The lowest BCUT2D eigenvalue weighted by atomic mass is 9.71. The molecular weight excluding hydrogens is 827 g/mol. The second-order valence-corrected chi connectivity index (χ2v) is 19.5. The van der Waals surface area contributed by atoms with Crippen molar-refractivity contribution < 1.29 is 67.2 Å². The molecule has 4 saturated heterocycles. The summed E-state index contributed by atoms with van der Waals surface area (Å²) in [4.78, 5) is 26.2. The Bertz CT molecular complexity index is 1830. The molecule has 19 atom stereocenters. The molecule has 0 aromatic heterocycles. The van der Waals surface area contributed by atoms with E-state index in [1.807, 2.05) is 39.0 Å². The van der Waals surface area contributed by atoms with Crippen LogP contribution in [-0.4, -0.2) is 140 Å². The number of allylic oxidation sites excluding steroid dienone is 2. The summed E-state index contributed by atoms with van der Waals surface area (Å²) in [5.74, 6) is -2.81. The largest absolute Gasteiger partial charge is 0.462 e. The lowest BCUT2D eigenvalue weighted by Gasteiger charge is -2.48. The number of hydrogen-bond donors (Lipinski definition) is 3. The molecule has 1 spiro atoms. The number of aliphatic hydroxyl groups is 2. The Morgan fingerprint density at radius 3 is 2.31 bits per heavy atom. The maximum absolute atomic E-state index is 14.3. The van der Waals surface area contributed by atoms with Gasteiger partial charge in [-0.15, -0.1) is 0 Å². The van der Waals surface area contributed by atoms with Crippen LogP contribution in [0.3, 0.4) is 0 Å². The van der Waals surface area contributed by atoms with Gasteiger partial charge in [0.05, 0.1) is 55.4 Å². The summed E-state index contributed by atoms with van der Waals surface area (Å²) < 4.78 is 64.2. The van der Waals surface area contributed by atoms with E-state index >= 15 is 0 Å². The normalized spacial score (nSPS) is 46.6. The molecule has 6 heterocycles. The molecule has 358 valence electrons. The van der Waals surface area contributed by atoms with Crippen molar-refractivity contribution in [3.63, 3.8) is 0 Å². The number of aliphatic hydroxyl groups excluding tert-OH is 1. The van der Waals surface area contributed by atoms with Crippen LogP contribution in [0.2, 0.25) is 0 Å². The molecule has 6 aliphatic heterocycles. The van der Waals surface area contributed by atoms with Gasteiger partial charge in [0, 0.05) is 58.7 Å². The summed E-state index contributed by atoms with van der Waals surface area (Å²) in [6.07, 6.45) is 8.46. The monoisotopic (exact) mass is 900 g/mol. The van der Waals surface area contributed by atoms with Gasteiger partial charge in [0.15, 0.2) is 18.4 Å². The third-order valence-corrected chi connectivity index (χ3v) is 14.4. The van der Waals surface area contributed by atoms with Crippen LogP contribution in [0, 0.1) is 23.7 Å². The van der Waals surface area contributed by atoms with E-state index in [2.05, 4.69) is 45.2 Å². The van der Waals surface area contributed by atoms with Crippen LogP contribution in [0.25, 0.3) is 0 Å². The molecule has 3 N–H and O–H groups in total. The first-order valence-electron chi connectivity index (χ1n) is 23.3. The number of esters is 1. The smallest absolute Gasteiger partial charge is 0.316 e. The van der Waals surface area contributed by atoms with E-state index in [9.17, 15) is 19.8 Å². The molecule has 0 radical (unpaired) electrons. The van der Waals surface area contributed by atoms with Gasteiger partial charge < -0.3 is 62.9 Å². The fourth-order valence-corrected chi connectivity index (χ4v) is 10.9. The lowest BCUT2D eigenvalue weighted by molar-refractivity contribution is -0.311. The van der Waals surface area contributed by atoms with Gasteiger partial charge in [-0.2, -0.15) is 0 Å². The van der Waals surface area contributed by atoms with Gasteiger partial charge in [-0.3, -0.25) is 9.59 Å². The number of ether oxygens (including phenoxy) is 10. The van der Waals surface area contributed by atoms with Gasteiger partial charge in [-0.1, -0.05) is 64.2 Å². The Kier molecular flexibility index (Phi) is 15.5. The Morgan fingerprint density at radius 1 is 0.906 bits per heavy atom. The van der Waals surface area contributed by atoms with Gasteiger partial charge in [0.1, 0.15) is 35.9 Å². The number of carbonyl (C=O) groups excluding carboxylic acids is 2. The minimum atomic E-state index is -1.84. The van der Waals surface area contributed by atoms with Crippen molar-refractivity contribution >= 4 is 11.9 Å². The minimum absolute atomic E-state index is 0.0266. The highest BCUT2D eigenvalue weighted by Crippen LogP contribution is 2.47. The van der Waals surface area contributed by atoms with Gasteiger partial charge in [0.25, 0.3) is 0 Å². The number of nitrogens with one attached hydrogen (secondary N) is 1. The maximum Gasteiger partial charge on any atom is 0.316 e. The maximum atomic E-state index is 14.3. The molecule has 1 aliphatic carbocycles. The number of fused-ring (bicyclic) bond motifs is 2. The van der Waals surface area contributed by atoms with Crippen LogP contribution < -0.4 is 5.32 Å². The van der Waals surface area contributed by atoms with Crippen molar-refractivity contribution in [2.24, 2.45) is 23.7 Å². The van der Waals surface area contributed by atoms with Gasteiger partial charge >= 0.3 is 5.97 Å². The Balaban J connectivity index is 1.16. The summed E-state index contributed by atoms with van der Waals surface area (Å²) in [5.41, 5.74) is 0.112. The molecule has 64 heavy (non-hydrogen) atoms. The molecule has 0 aromatic carbocycles. The zero-order chi connectivity index (χ0) is 46.2. The van der Waals surface area contributed by atoms with Gasteiger partial charge in [-0.25, -0.2) is 0 Å². The molecule has 4 fully saturated rings. The average Bonchev–Trinajstić information content (AvgIpc) is 3.58. The van der Waals surface area contributed by atoms with Gasteiger partial charge in [0.2, 0.25) is 5.91 Å². The molecule has 7 rings (SSSR count). The third kappa shape index (κ3) is 10.2. The summed E-state index contributed by atoms with van der Waals surface area (Å²) in [6.45, 7) is 17.5. The molecule has 0 unspecified atom stereocenters. The van der Waals surface area contributed by atoms with Crippen LogP contribution in [0.5, 0.6) is 0 Å². The van der Waals surface area contributed by atoms with Crippen LogP contribution in [0.15, 0.2) is 59.3 Å². The molecule has 0 saturated carbocycles. The van der Waals surface area contributed by atoms with E-state index in [0.29, 0.717) is 36.8 Å². The van der Waals surface area contributed by atoms with E-state index in [4.69, 9.17) is 47.4 Å². The first-order chi connectivity index (χ1) is 30.4. The fourth-order valence-electron chi connectivity index (χ4n) is 10.9. The second-order valence-electron chi connectivity index (χ2n) is 19.5. The number of rotatable bonds is 8. The quantitative estimate of drug-likeness (QED) is 0.216. The Hall–Kier alpha value is -2.80. The highest BCUT2D eigenvalue weighted by atomic mass is 16.7. The topological polar surface area (TPSA) is 179 Å². The predicted octanol–water partition coefficient (Wildman–Crippen LogP) is 5.13. The second kappa shape index (κ2) is 20.2. The molecule has 15 heteroatoms. The summed E-state index contributed by atoms with van der Waals surface area (Å²) in [7, 11) is 3.27. The molecule has 15 nitrogen and oxygen atoms in total. The molecular formula is C49H73NO14. The zero-order valence-electron chi connectivity index (χ0n) is 39.5. The highest BCUT2D eigenvalue weighted by Gasteiger charge is 2.60.